The van der Waals surface area contributed by atoms with E-state index in [-0.39, 0.29) is 24.8 Å². The second kappa shape index (κ2) is 6.66. The Morgan fingerprint density at radius 2 is 2.20 bits per heavy atom. The number of aromatic hydroxyl groups is 1. The first-order valence-corrected chi connectivity index (χ1v) is 6.79. The van der Waals surface area contributed by atoms with E-state index in [4.69, 9.17) is 5.26 Å². The fraction of sp³-hybridized carbons (Fsp3) is 0.571. The summed E-state index contributed by atoms with van der Waals surface area (Å²) in [7, 11) is 0. The molecular formula is C14H20N4O2. The van der Waals surface area contributed by atoms with Gasteiger partial charge in [0.1, 0.15) is 5.75 Å². The molecule has 6 heteroatoms. The predicted octanol–water partition coefficient (Wildman–Crippen LogP) is 0.448. The van der Waals surface area contributed by atoms with Gasteiger partial charge in [0.25, 0.3) is 0 Å². The molecule has 1 aliphatic rings. The summed E-state index contributed by atoms with van der Waals surface area (Å²) in [5.41, 5.74) is 1.76. The lowest BCUT2D eigenvalue weighted by Crippen LogP contribution is -2.45. The van der Waals surface area contributed by atoms with Gasteiger partial charge < -0.3 is 15.5 Å². The van der Waals surface area contributed by atoms with Crippen LogP contribution < -0.4 is 5.32 Å². The molecule has 1 atom stereocenters. The summed E-state index contributed by atoms with van der Waals surface area (Å²) in [6.07, 6.45) is 1.86. The van der Waals surface area contributed by atoms with Gasteiger partial charge in [-0.3, -0.25) is 9.88 Å². The van der Waals surface area contributed by atoms with Crippen LogP contribution in [0.5, 0.6) is 5.75 Å². The van der Waals surface area contributed by atoms with Crippen molar-refractivity contribution in [2.45, 2.75) is 26.0 Å². The first kappa shape index (κ1) is 14.7. The Hall–Kier alpha value is -1.68. The predicted molar refractivity (Wildman–Crippen MR) is 74.0 cm³/mol. The van der Waals surface area contributed by atoms with Gasteiger partial charge in [0, 0.05) is 43.5 Å². The Morgan fingerprint density at radius 3 is 2.80 bits per heavy atom. The molecule has 2 rings (SSSR count). The van der Waals surface area contributed by atoms with Crippen molar-refractivity contribution >= 4 is 0 Å². The Morgan fingerprint density at radius 1 is 1.50 bits per heavy atom. The third-order valence-electron chi connectivity index (χ3n) is 3.74. The first-order valence-electron chi connectivity index (χ1n) is 6.79. The van der Waals surface area contributed by atoms with Crippen molar-refractivity contribution in [1.82, 2.24) is 15.2 Å². The summed E-state index contributed by atoms with van der Waals surface area (Å²) in [6, 6.07) is 1.98. The molecule has 0 radical (unpaired) electrons. The van der Waals surface area contributed by atoms with Gasteiger partial charge in [0.05, 0.1) is 30.8 Å². The highest BCUT2D eigenvalue weighted by Gasteiger charge is 2.27. The molecule has 1 aromatic rings. The van der Waals surface area contributed by atoms with Crippen LogP contribution in [0.25, 0.3) is 0 Å². The zero-order valence-electron chi connectivity index (χ0n) is 11.6. The van der Waals surface area contributed by atoms with Crippen molar-refractivity contribution in [2.75, 3.05) is 26.2 Å². The Bertz CT molecular complexity index is 507. The van der Waals surface area contributed by atoms with E-state index < -0.39 is 0 Å². The van der Waals surface area contributed by atoms with Gasteiger partial charge >= 0.3 is 0 Å². The number of aromatic nitrogens is 1. The molecule has 20 heavy (non-hydrogen) atoms. The fourth-order valence-electron chi connectivity index (χ4n) is 2.64. The summed E-state index contributed by atoms with van der Waals surface area (Å²) in [5, 5.41) is 32.2. The molecule has 1 aliphatic heterocycles. The molecular weight excluding hydrogens is 256 g/mol. The minimum absolute atomic E-state index is 0.0929. The number of hydrogen-bond acceptors (Lipinski definition) is 6. The van der Waals surface area contributed by atoms with Crippen LogP contribution in [-0.2, 0) is 6.61 Å². The average molecular weight is 276 g/mol. The molecule has 108 valence electrons. The lowest BCUT2D eigenvalue weighted by molar-refractivity contribution is 0.169. The van der Waals surface area contributed by atoms with E-state index in [1.807, 2.05) is 0 Å². The highest BCUT2D eigenvalue weighted by Crippen LogP contribution is 2.35. The third-order valence-corrected chi connectivity index (χ3v) is 3.74. The number of rotatable bonds is 4. The van der Waals surface area contributed by atoms with E-state index in [0.717, 1.165) is 26.2 Å². The lowest BCUT2D eigenvalue weighted by atomic mass is 9.96. The average Bonchev–Trinajstić information content (AvgIpc) is 2.49. The fourth-order valence-corrected chi connectivity index (χ4v) is 2.64. The summed E-state index contributed by atoms with van der Waals surface area (Å²) < 4.78 is 0. The molecule has 2 heterocycles. The van der Waals surface area contributed by atoms with Gasteiger partial charge in [-0.15, -0.1) is 0 Å². The molecule has 0 bridgehead atoms. The molecule has 0 aliphatic carbocycles. The zero-order valence-corrected chi connectivity index (χ0v) is 11.6. The van der Waals surface area contributed by atoms with Crippen LogP contribution in [0.15, 0.2) is 6.20 Å². The molecule has 0 amide bonds. The molecule has 6 nitrogen and oxygen atoms in total. The summed E-state index contributed by atoms with van der Waals surface area (Å²) >= 11 is 0. The van der Waals surface area contributed by atoms with Crippen molar-refractivity contribution in [3.05, 3.63) is 23.0 Å². The summed E-state index contributed by atoms with van der Waals surface area (Å²) in [4.78, 5) is 6.25. The van der Waals surface area contributed by atoms with Crippen molar-refractivity contribution in [3.63, 3.8) is 0 Å². The molecule has 0 unspecified atom stereocenters. The molecule has 1 saturated heterocycles. The van der Waals surface area contributed by atoms with E-state index >= 15 is 0 Å². The van der Waals surface area contributed by atoms with E-state index in [1.54, 1.807) is 13.1 Å². The number of pyridine rings is 1. The number of piperazine rings is 1. The number of aliphatic hydroxyl groups is 1. The minimum Gasteiger partial charge on any atom is -0.506 e. The molecule has 0 spiro atoms. The van der Waals surface area contributed by atoms with Crippen LogP contribution in [0, 0.1) is 18.3 Å². The van der Waals surface area contributed by atoms with E-state index in [1.165, 1.54) is 0 Å². The van der Waals surface area contributed by atoms with Crippen LogP contribution in [-0.4, -0.2) is 46.3 Å². The second-order valence-corrected chi connectivity index (χ2v) is 4.95. The number of hydrogen-bond donors (Lipinski definition) is 3. The highest BCUT2D eigenvalue weighted by molar-refractivity contribution is 5.43. The van der Waals surface area contributed by atoms with Gasteiger partial charge in [-0.25, -0.2) is 0 Å². The molecule has 0 saturated carbocycles. The third kappa shape index (κ3) is 2.90. The van der Waals surface area contributed by atoms with E-state index in [0.29, 0.717) is 16.8 Å². The van der Waals surface area contributed by atoms with Crippen molar-refractivity contribution in [1.29, 1.82) is 5.26 Å². The van der Waals surface area contributed by atoms with Gasteiger partial charge in [-0.1, -0.05) is 0 Å². The molecule has 1 fully saturated rings. The summed E-state index contributed by atoms with van der Waals surface area (Å²) in [5.74, 6) is 0.0929. The first-order chi connectivity index (χ1) is 9.69. The SMILES string of the molecule is Cc1ncc(CO)c([C@@H](CC#N)N2CCNCC2)c1O. The van der Waals surface area contributed by atoms with Gasteiger partial charge in [-0.05, 0) is 6.92 Å². The number of nitriles is 1. The smallest absolute Gasteiger partial charge is 0.141 e. The van der Waals surface area contributed by atoms with Gasteiger partial charge in [-0.2, -0.15) is 5.26 Å². The molecule has 0 aromatic carbocycles. The number of aliphatic hydroxyl groups excluding tert-OH is 1. The van der Waals surface area contributed by atoms with Crippen LogP contribution in [0.4, 0.5) is 0 Å². The van der Waals surface area contributed by atoms with Crippen LogP contribution >= 0.6 is 0 Å². The molecule has 1 aromatic heterocycles. The van der Waals surface area contributed by atoms with Gasteiger partial charge in [0.15, 0.2) is 0 Å². The second-order valence-electron chi connectivity index (χ2n) is 4.95. The lowest BCUT2D eigenvalue weighted by Gasteiger charge is -2.35. The normalized spacial score (nSPS) is 17.6. The number of nitrogens with zero attached hydrogens (tertiary/aromatic N) is 3. The highest BCUT2D eigenvalue weighted by atomic mass is 16.3. The van der Waals surface area contributed by atoms with Crippen LogP contribution in [0.2, 0.25) is 0 Å². The zero-order chi connectivity index (χ0) is 14.5. The Kier molecular flexibility index (Phi) is 4.90. The maximum Gasteiger partial charge on any atom is 0.141 e. The largest absolute Gasteiger partial charge is 0.506 e. The summed E-state index contributed by atoms with van der Waals surface area (Å²) in [6.45, 7) is 4.89. The maximum atomic E-state index is 10.3. The Balaban J connectivity index is 2.42. The van der Waals surface area contributed by atoms with Crippen molar-refractivity contribution in [3.8, 4) is 11.8 Å². The van der Waals surface area contributed by atoms with Gasteiger partial charge in [0.2, 0.25) is 0 Å². The topological polar surface area (TPSA) is 92.4 Å². The van der Waals surface area contributed by atoms with Crippen molar-refractivity contribution < 1.29 is 10.2 Å². The molecule has 3 N–H and O–H groups in total. The van der Waals surface area contributed by atoms with E-state index in [2.05, 4.69) is 21.3 Å². The number of nitrogens with one attached hydrogen (secondary N) is 1. The monoisotopic (exact) mass is 276 g/mol. The van der Waals surface area contributed by atoms with Crippen LogP contribution in [0.3, 0.4) is 0 Å². The van der Waals surface area contributed by atoms with Crippen molar-refractivity contribution in [2.24, 2.45) is 0 Å². The number of aryl methyl sites for hydroxylation is 1. The van der Waals surface area contributed by atoms with Crippen LogP contribution in [0.1, 0.15) is 29.3 Å². The maximum absolute atomic E-state index is 10.3. The Labute approximate surface area is 118 Å². The standard InChI is InChI=1S/C14H20N4O2/c1-10-14(20)13(11(9-19)8-17-10)12(2-3-15)18-6-4-16-5-7-18/h8,12,16,19-20H,2,4-7,9H2,1H3/t12-/m1/s1. The quantitative estimate of drug-likeness (QED) is 0.739. The van der Waals surface area contributed by atoms with E-state index in [9.17, 15) is 10.2 Å². The minimum atomic E-state index is -0.203.